The van der Waals surface area contributed by atoms with Crippen molar-refractivity contribution in [2.24, 2.45) is 5.73 Å². The SMILES string of the molecule is CCN(CC)C(=O)C(F)(F)C(F)(F)C(N)=O. The third-order valence-electron chi connectivity index (χ3n) is 2.02. The van der Waals surface area contributed by atoms with Crippen LogP contribution in [0.15, 0.2) is 0 Å². The van der Waals surface area contributed by atoms with Crippen LogP contribution in [0.25, 0.3) is 0 Å². The molecule has 0 heterocycles. The Bertz CT molecular complexity index is 290. The molecule has 4 nitrogen and oxygen atoms in total. The van der Waals surface area contributed by atoms with Gasteiger partial charge in [0.05, 0.1) is 0 Å². The highest BCUT2D eigenvalue weighted by Crippen LogP contribution is 2.35. The molecule has 0 aliphatic carbocycles. The topological polar surface area (TPSA) is 63.4 Å². The number of amides is 2. The number of hydrogen-bond acceptors (Lipinski definition) is 2. The second-order valence-electron chi connectivity index (χ2n) is 2.99. The zero-order valence-electron chi connectivity index (χ0n) is 8.77. The van der Waals surface area contributed by atoms with Crippen molar-refractivity contribution in [3.05, 3.63) is 0 Å². The van der Waals surface area contributed by atoms with Gasteiger partial charge >= 0.3 is 11.8 Å². The molecule has 0 saturated carbocycles. The summed E-state index contributed by atoms with van der Waals surface area (Å²) in [5.74, 6) is -14.9. The first-order valence-corrected chi connectivity index (χ1v) is 4.47. The van der Waals surface area contributed by atoms with E-state index in [1.807, 2.05) is 0 Å². The fourth-order valence-corrected chi connectivity index (χ4v) is 0.998. The van der Waals surface area contributed by atoms with E-state index in [1.54, 1.807) is 0 Å². The summed E-state index contributed by atoms with van der Waals surface area (Å²) in [5, 5.41) is 0. The average molecular weight is 244 g/mol. The smallest absolute Gasteiger partial charge is 0.364 e. The lowest BCUT2D eigenvalue weighted by molar-refractivity contribution is -0.215. The Balaban J connectivity index is 5.19. The van der Waals surface area contributed by atoms with Crippen molar-refractivity contribution >= 4 is 11.8 Å². The molecule has 0 rings (SSSR count). The largest absolute Gasteiger partial charge is 0.395 e. The number of carbonyl (C=O) groups excluding carboxylic acids is 2. The van der Waals surface area contributed by atoms with Gasteiger partial charge in [0.1, 0.15) is 0 Å². The van der Waals surface area contributed by atoms with Gasteiger partial charge in [-0.2, -0.15) is 17.6 Å². The molecule has 0 saturated heterocycles. The minimum absolute atomic E-state index is 0.167. The van der Waals surface area contributed by atoms with Gasteiger partial charge in [-0.05, 0) is 13.8 Å². The van der Waals surface area contributed by atoms with Crippen molar-refractivity contribution in [1.29, 1.82) is 0 Å². The Morgan fingerprint density at radius 2 is 1.44 bits per heavy atom. The minimum Gasteiger partial charge on any atom is -0.364 e. The van der Waals surface area contributed by atoms with Crippen molar-refractivity contribution in [2.45, 2.75) is 25.7 Å². The summed E-state index contributed by atoms with van der Waals surface area (Å²) in [7, 11) is 0. The Kier molecular flexibility index (Phi) is 4.28. The lowest BCUT2D eigenvalue weighted by Crippen LogP contribution is -2.59. The molecule has 0 unspecified atom stereocenters. The number of carbonyl (C=O) groups is 2. The maximum Gasteiger partial charge on any atom is 0.395 e. The van der Waals surface area contributed by atoms with E-state index >= 15 is 0 Å². The van der Waals surface area contributed by atoms with Crippen LogP contribution in [-0.4, -0.2) is 41.6 Å². The van der Waals surface area contributed by atoms with Gasteiger partial charge in [0, 0.05) is 13.1 Å². The van der Waals surface area contributed by atoms with E-state index in [2.05, 4.69) is 5.73 Å². The molecule has 16 heavy (non-hydrogen) atoms. The van der Waals surface area contributed by atoms with Crippen molar-refractivity contribution in [2.75, 3.05) is 13.1 Å². The molecule has 0 atom stereocenters. The number of nitrogens with zero attached hydrogens (tertiary/aromatic N) is 1. The van der Waals surface area contributed by atoms with Crippen LogP contribution in [-0.2, 0) is 9.59 Å². The van der Waals surface area contributed by atoms with Crippen molar-refractivity contribution in [3.63, 3.8) is 0 Å². The molecule has 0 aliphatic rings. The van der Waals surface area contributed by atoms with Crippen molar-refractivity contribution in [1.82, 2.24) is 4.90 Å². The number of halogens is 4. The van der Waals surface area contributed by atoms with E-state index in [4.69, 9.17) is 0 Å². The molecule has 2 N–H and O–H groups in total. The third-order valence-corrected chi connectivity index (χ3v) is 2.02. The second-order valence-corrected chi connectivity index (χ2v) is 2.99. The van der Waals surface area contributed by atoms with E-state index < -0.39 is 23.7 Å². The molecule has 0 spiro atoms. The normalized spacial score (nSPS) is 12.4. The highest BCUT2D eigenvalue weighted by molar-refractivity contribution is 5.94. The van der Waals surface area contributed by atoms with Crippen LogP contribution in [0, 0.1) is 0 Å². The maximum atomic E-state index is 13.0. The van der Waals surface area contributed by atoms with Crippen LogP contribution in [0.3, 0.4) is 0 Å². The van der Waals surface area contributed by atoms with E-state index in [0.29, 0.717) is 4.90 Å². The summed E-state index contributed by atoms with van der Waals surface area (Å²) in [6, 6.07) is 0. The quantitative estimate of drug-likeness (QED) is 0.720. The molecular formula is C8H12F4N2O2. The lowest BCUT2D eigenvalue weighted by Gasteiger charge is -2.28. The molecule has 0 aliphatic heterocycles. The Labute approximate surface area is 89.4 Å². The first kappa shape index (κ1) is 14.7. The summed E-state index contributed by atoms with van der Waals surface area (Å²) in [5.41, 5.74) is 4.14. The summed E-state index contributed by atoms with van der Waals surface area (Å²) in [4.78, 5) is 21.8. The lowest BCUT2D eigenvalue weighted by atomic mass is 10.1. The summed E-state index contributed by atoms with van der Waals surface area (Å²) >= 11 is 0. The molecular weight excluding hydrogens is 232 g/mol. The van der Waals surface area contributed by atoms with Crippen LogP contribution < -0.4 is 5.73 Å². The first-order chi connectivity index (χ1) is 7.12. The van der Waals surface area contributed by atoms with Gasteiger partial charge in [-0.3, -0.25) is 9.59 Å². The van der Waals surface area contributed by atoms with Gasteiger partial charge in [0.15, 0.2) is 0 Å². The molecule has 0 aromatic heterocycles. The van der Waals surface area contributed by atoms with Gasteiger partial charge < -0.3 is 10.6 Å². The maximum absolute atomic E-state index is 13.0. The zero-order valence-corrected chi connectivity index (χ0v) is 8.77. The first-order valence-electron chi connectivity index (χ1n) is 4.47. The van der Waals surface area contributed by atoms with E-state index in [0.717, 1.165) is 0 Å². The van der Waals surface area contributed by atoms with Gasteiger partial charge in [0.25, 0.3) is 11.8 Å². The molecule has 94 valence electrons. The summed E-state index contributed by atoms with van der Waals surface area (Å²) in [6.45, 7) is 2.36. The molecule has 0 aromatic rings. The van der Waals surface area contributed by atoms with Crippen LogP contribution in [0.1, 0.15) is 13.8 Å². The number of primary amides is 1. The fourth-order valence-electron chi connectivity index (χ4n) is 0.998. The number of alkyl halides is 4. The van der Waals surface area contributed by atoms with Gasteiger partial charge in [-0.25, -0.2) is 0 Å². The third kappa shape index (κ3) is 2.25. The molecule has 2 amide bonds. The monoisotopic (exact) mass is 244 g/mol. The standard InChI is InChI=1S/C8H12F4N2O2/c1-3-14(4-2)6(16)8(11,12)7(9,10)5(13)15/h3-4H2,1-2H3,(H2,13,15). The molecule has 8 heteroatoms. The van der Waals surface area contributed by atoms with E-state index in [1.165, 1.54) is 13.8 Å². The Morgan fingerprint density at radius 3 is 1.69 bits per heavy atom. The van der Waals surface area contributed by atoms with Crippen LogP contribution >= 0.6 is 0 Å². The van der Waals surface area contributed by atoms with Crippen molar-refractivity contribution < 1.29 is 27.2 Å². The highest BCUT2D eigenvalue weighted by Gasteiger charge is 2.66. The van der Waals surface area contributed by atoms with Crippen LogP contribution in [0.5, 0.6) is 0 Å². The fraction of sp³-hybridized carbons (Fsp3) is 0.750. The van der Waals surface area contributed by atoms with Gasteiger partial charge in [-0.1, -0.05) is 0 Å². The van der Waals surface area contributed by atoms with Crippen LogP contribution in [0.4, 0.5) is 17.6 Å². The molecule has 0 radical (unpaired) electrons. The summed E-state index contributed by atoms with van der Waals surface area (Å²) < 4.78 is 51.5. The van der Waals surface area contributed by atoms with Gasteiger partial charge in [-0.15, -0.1) is 0 Å². The van der Waals surface area contributed by atoms with Crippen molar-refractivity contribution in [3.8, 4) is 0 Å². The molecule has 0 bridgehead atoms. The Hall–Kier alpha value is -1.34. The minimum atomic E-state index is -5.19. The summed E-state index contributed by atoms with van der Waals surface area (Å²) in [6.07, 6.45) is 0. The van der Waals surface area contributed by atoms with Gasteiger partial charge in [0.2, 0.25) is 0 Å². The predicted octanol–water partition coefficient (Wildman–Crippen LogP) is 0.611. The average Bonchev–Trinajstić information content (AvgIpc) is 2.18. The zero-order chi connectivity index (χ0) is 13.1. The Morgan fingerprint density at radius 1 is 1.06 bits per heavy atom. The number of rotatable bonds is 5. The number of nitrogens with two attached hydrogens (primary N) is 1. The van der Waals surface area contributed by atoms with Crippen LogP contribution in [0.2, 0.25) is 0 Å². The highest BCUT2D eigenvalue weighted by atomic mass is 19.3. The molecule has 0 aromatic carbocycles. The number of hydrogen-bond donors (Lipinski definition) is 1. The second kappa shape index (κ2) is 4.67. The molecule has 0 fully saturated rings. The predicted molar refractivity (Wildman–Crippen MR) is 47.0 cm³/mol. The van der Waals surface area contributed by atoms with E-state index in [9.17, 15) is 27.2 Å². The van der Waals surface area contributed by atoms with E-state index in [-0.39, 0.29) is 13.1 Å².